The number of nitrogens with one attached hydrogen (secondary N) is 1. The molecule has 1 amide bonds. The van der Waals surface area contributed by atoms with Gasteiger partial charge < -0.3 is 14.5 Å². The highest BCUT2D eigenvalue weighted by molar-refractivity contribution is 6.01. The number of amides is 1. The number of carbonyl (C=O) groups excluding carboxylic acids is 1. The van der Waals surface area contributed by atoms with Crippen LogP contribution in [-0.2, 0) is 17.9 Å². The fourth-order valence-corrected chi connectivity index (χ4v) is 2.93. The van der Waals surface area contributed by atoms with Crippen molar-refractivity contribution >= 4 is 28.0 Å². The number of fused-ring (bicyclic) bond motifs is 3. The van der Waals surface area contributed by atoms with Crippen LogP contribution >= 0.6 is 0 Å². The number of rotatable bonds is 6. The molecule has 1 N–H and O–H groups in total. The van der Waals surface area contributed by atoms with E-state index < -0.39 is 18.1 Å². The minimum atomic E-state index is -2.89. The van der Waals surface area contributed by atoms with Crippen molar-refractivity contribution in [2.75, 3.05) is 0 Å². The molecule has 0 atom stereocenters. The van der Waals surface area contributed by atoms with Crippen molar-refractivity contribution in [2.24, 2.45) is 0 Å². The van der Waals surface area contributed by atoms with Crippen LogP contribution in [0.3, 0.4) is 0 Å². The molecule has 0 aliphatic heterocycles. The van der Waals surface area contributed by atoms with Gasteiger partial charge in [0.2, 0.25) is 11.5 Å². The normalized spacial score (nSPS) is 11.3. The molecule has 0 spiro atoms. The van der Waals surface area contributed by atoms with Crippen molar-refractivity contribution in [2.45, 2.75) is 19.7 Å². The molecular weight excluding hydrogens is 384 g/mol. The highest BCUT2D eigenvalue weighted by Crippen LogP contribution is 2.24. The molecule has 0 aliphatic rings. The molecule has 4 aromatic rings. The molecule has 0 radical (unpaired) electrons. The quantitative estimate of drug-likeness (QED) is 0.539. The van der Waals surface area contributed by atoms with E-state index in [1.807, 2.05) is 12.1 Å². The molecule has 4 rings (SSSR count). The molecular formula is C20H15F2N3O4. The Bertz CT molecular complexity index is 1230. The van der Waals surface area contributed by atoms with Gasteiger partial charge in [-0.3, -0.25) is 14.2 Å². The lowest BCUT2D eigenvalue weighted by atomic mass is 10.2. The zero-order valence-electron chi connectivity index (χ0n) is 15.0. The van der Waals surface area contributed by atoms with Gasteiger partial charge in [-0.05, 0) is 29.8 Å². The third kappa shape index (κ3) is 3.93. The van der Waals surface area contributed by atoms with Crippen LogP contribution in [0.15, 0.2) is 64.1 Å². The van der Waals surface area contributed by atoms with Gasteiger partial charge in [-0.15, -0.1) is 0 Å². The van der Waals surface area contributed by atoms with Crippen LogP contribution in [0.2, 0.25) is 0 Å². The van der Waals surface area contributed by atoms with E-state index in [4.69, 9.17) is 4.42 Å². The number of hydrogen-bond acceptors (Lipinski definition) is 5. The monoisotopic (exact) mass is 399 g/mol. The van der Waals surface area contributed by atoms with Gasteiger partial charge in [-0.1, -0.05) is 24.3 Å². The Morgan fingerprint density at radius 3 is 2.69 bits per heavy atom. The molecule has 0 unspecified atom stereocenters. The zero-order valence-corrected chi connectivity index (χ0v) is 15.0. The van der Waals surface area contributed by atoms with Crippen LogP contribution in [0.1, 0.15) is 5.56 Å². The number of para-hydroxylation sites is 1. The Balaban J connectivity index is 1.44. The molecule has 0 fully saturated rings. The number of alkyl halides is 2. The van der Waals surface area contributed by atoms with Crippen molar-refractivity contribution in [1.29, 1.82) is 0 Å². The van der Waals surface area contributed by atoms with Crippen molar-refractivity contribution in [3.05, 3.63) is 70.8 Å². The number of aromatic nitrogens is 2. The molecule has 148 valence electrons. The molecule has 0 saturated carbocycles. The maximum absolute atomic E-state index is 12.6. The maximum atomic E-state index is 12.6. The molecule has 0 bridgehead atoms. The van der Waals surface area contributed by atoms with Crippen molar-refractivity contribution in [3.8, 4) is 5.75 Å². The Morgan fingerprint density at radius 2 is 1.93 bits per heavy atom. The second-order valence-corrected chi connectivity index (χ2v) is 6.25. The molecule has 2 heterocycles. The number of furan rings is 1. The second-order valence-electron chi connectivity index (χ2n) is 6.25. The average molecular weight is 399 g/mol. The lowest BCUT2D eigenvalue weighted by Gasteiger charge is -2.08. The molecule has 29 heavy (non-hydrogen) atoms. The van der Waals surface area contributed by atoms with E-state index in [0.717, 1.165) is 5.39 Å². The average Bonchev–Trinajstić information content (AvgIpc) is 3.09. The van der Waals surface area contributed by atoms with Gasteiger partial charge in [-0.2, -0.15) is 8.78 Å². The van der Waals surface area contributed by atoms with E-state index in [1.54, 1.807) is 24.3 Å². The van der Waals surface area contributed by atoms with E-state index in [9.17, 15) is 18.4 Å². The van der Waals surface area contributed by atoms with Crippen molar-refractivity contribution < 1.29 is 22.7 Å². The van der Waals surface area contributed by atoms with Gasteiger partial charge in [0, 0.05) is 11.9 Å². The molecule has 2 aromatic heterocycles. The number of benzene rings is 2. The maximum Gasteiger partial charge on any atom is 0.387 e. The van der Waals surface area contributed by atoms with Gasteiger partial charge in [0.25, 0.3) is 5.56 Å². The van der Waals surface area contributed by atoms with E-state index in [1.165, 1.54) is 23.0 Å². The summed E-state index contributed by atoms with van der Waals surface area (Å²) < 4.78 is 35.3. The topological polar surface area (TPSA) is 86.4 Å². The lowest BCUT2D eigenvalue weighted by Crippen LogP contribution is -2.32. The van der Waals surface area contributed by atoms with Crippen LogP contribution in [0.5, 0.6) is 5.75 Å². The summed E-state index contributed by atoms with van der Waals surface area (Å²) >= 11 is 0. The first kappa shape index (κ1) is 18.6. The first-order valence-corrected chi connectivity index (χ1v) is 8.68. The van der Waals surface area contributed by atoms with E-state index in [2.05, 4.69) is 15.0 Å². The predicted octanol–water partition coefficient (Wildman–Crippen LogP) is 3.06. The summed E-state index contributed by atoms with van der Waals surface area (Å²) in [6.45, 7) is -2.95. The Kier molecular flexibility index (Phi) is 4.94. The summed E-state index contributed by atoms with van der Waals surface area (Å²) in [5.41, 5.74) is 1.34. The number of ether oxygens (including phenoxy) is 1. The van der Waals surface area contributed by atoms with Crippen molar-refractivity contribution in [3.63, 3.8) is 0 Å². The highest BCUT2D eigenvalue weighted by atomic mass is 19.3. The molecule has 0 saturated heterocycles. The minimum absolute atomic E-state index is 0.0341. The summed E-state index contributed by atoms with van der Waals surface area (Å²) in [6, 6.07) is 13.1. The van der Waals surface area contributed by atoms with Crippen LogP contribution in [0, 0.1) is 0 Å². The fraction of sp³-hybridized carbons (Fsp3) is 0.150. The summed E-state index contributed by atoms with van der Waals surface area (Å²) in [5.74, 6) is -0.371. The summed E-state index contributed by atoms with van der Waals surface area (Å²) in [5, 5.41) is 3.40. The third-order valence-corrected chi connectivity index (χ3v) is 4.30. The number of carbonyl (C=O) groups is 1. The largest absolute Gasteiger partial charge is 0.448 e. The molecule has 0 aliphatic carbocycles. The first-order valence-electron chi connectivity index (χ1n) is 8.68. The van der Waals surface area contributed by atoms with Crippen LogP contribution in [0.25, 0.3) is 22.1 Å². The summed E-state index contributed by atoms with van der Waals surface area (Å²) in [4.78, 5) is 29.1. The highest BCUT2D eigenvalue weighted by Gasteiger charge is 2.14. The lowest BCUT2D eigenvalue weighted by molar-refractivity contribution is -0.121. The molecule has 9 heteroatoms. The number of hydrogen-bond donors (Lipinski definition) is 1. The summed E-state index contributed by atoms with van der Waals surface area (Å²) in [7, 11) is 0. The smallest absolute Gasteiger partial charge is 0.387 e. The molecule has 2 aromatic carbocycles. The van der Waals surface area contributed by atoms with E-state index >= 15 is 0 Å². The van der Waals surface area contributed by atoms with Gasteiger partial charge in [0.05, 0.1) is 6.33 Å². The van der Waals surface area contributed by atoms with Crippen LogP contribution in [0.4, 0.5) is 8.78 Å². The Labute approximate surface area is 162 Å². The second kappa shape index (κ2) is 7.70. The third-order valence-electron chi connectivity index (χ3n) is 4.30. The minimum Gasteiger partial charge on any atom is -0.448 e. The van der Waals surface area contributed by atoms with Crippen molar-refractivity contribution in [1.82, 2.24) is 14.9 Å². The van der Waals surface area contributed by atoms with Crippen LogP contribution in [-0.4, -0.2) is 22.1 Å². The standard InChI is InChI=1S/C20H15F2N3O4/c21-20(22)28-13-7-5-12(6-8-13)9-23-16(26)10-25-11-24-17-14-3-1-2-4-15(14)29-18(17)19(25)27/h1-8,11,20H,9-10H2,(H,23,26). The van der Waals surface area contributed by atoms with Gasteiger partial charge in [-0.25, -0.2) is 4.98 Å². The van der Waals surface area contributed by atoms with E-state index in [-0.39, 0.29) is 24.4 Å². The SMILES string of the molecule is O=C(Cn1cnc2c(oc3ccccc32)c1=O)NCc1ccc(OC(F)F)cc1. The Hall–Kier alpha value is -3.75. The molecule has 7 nitrogen and oxygen atoms in total. The number of halogens is 2. The fourth-order valence-electron chi connectivity index (χ4n) is 2.93. The summed E-state index contributed by atoms with van der Waals surface area (Å²) in [6.07, 6.45) is 1.31. The van der Waals surface area contributed by atoms with E-state index in [0.29, 0.717) is 16.7 Å². The van der Waals surface area contributed by atoms with Crippen LogP contribution < -0.4 is 15.6 Å². The zero-order chi connectivity index (χ0) is 20.4. The predicted molar refractivity (Wildman–Crippen MR) is 101 cm³/mol. The number of nitrogens with zero attached hydrogens (tertiary/aromatic N) is 2. The van der Waals surface area contributed by atoms with Gasteiger partial charge in [0.1, 0.15) is 23.4 Å². The van der Waals surface area contributed by atoms with Gasteiger partial charge >= 0.3 is 6.61 Å². The Morgan fingerprint density at radius 1 is 1.17 bits per heavy atom. The van der Waals surface area contributed by atoms with Gasteiger partial charge in [0.15, 0.2) is 0 Å². The first-order chi connectivity index (χ1) is 14.0.